The van der Waals surface area contributed by atoms with Gasteiger partial charge in [0.2, 0.25) is 5.95 Å². The number of hydrogen-bond acceptors (Lipinski definition) is 5. The van der Waals surface area contributed by atoms with E-state index in [1.54, 1.807) is 0 Å². The fraction of sp³-hybridized carbons (Fsp3) is 0.500. The fourth-order valence-electron chi connectivity index (χ4n) is 1.91. The third-order valence-corrected chi connectivity index (χ3v) is 2.72. The summed E-state index contributed by atoms with van der Waals surface area (Å²) in [6, 6.07) is -0.120. The summed E-state index contributed by atoms with van der Waals surface area (Å²) >= 11 is 0. The van der Waals surface area contributed by atoms with Crippen molar-refractivity contribution in [2.75, 3.05) is 23.7 Å². The lowest BCUT2D eigenvalue weighted by Crippen LogP contribution is -2.49. The first-order valence-corrected chi connectivity index (χ1v) is 5.49. The molecule has 17 heavy (non-hydrogen) atoms. The molecule has 7 nitrogen and oxygen atoms in total. The van der Waals surface area contributed by atoms with Gasteiger partial charge in [-0.15, -0.1) is 0 Å². The van der Waals surface area contributed by atoms with Crippen molar-refractivity contribution < 1.29 is 9.90 Å². The number of nitrogens with one attached hydrogen (secondary N) is 1. The van der Waals surface area contributed by atoms with Crippen LogP contribution in [-0.2, 0) is 0 Å². The topological polar surface area (TPSA) is 104 Å². The third kappa shape index (κ3) is 2.62. The van der Waals surface area contributed by atoms with Crippen molar-refractivity contribution in [3.63, 3.8) is 0 Å². The largest absolute Gasteiger partial charge is 0.465 e. The van der Waals surface area contributed by atoms with Crippen molar-refractivity contribution in [3.05, 3.63) is 12.4 Å². The van der Waals surface area contributed by atoms with Gasteiger partial charge in [-0.3, -0.25) is 0 Å². The molecule has 1 atom stereocenters. The van der Waals surface area contributed by atoms with E-state index in [9.17, 15) is 9.90 Å². The molecule has 4 N–H and O–H groups in total. The second kappa shape index (κ2) is 4.96. The monoisotopic (exact) mass is 237 g/mol. The number of rotatable bonds is 2. The van der Waals surface area contributed by atoms with E-state index in [4.69, 9.17) is 5.73 Å². The predicted molar refractivity (Wildman–Crippen MR) is 62.8 cm³/mol. The molecule has 1 aliphatic rings. The average molecular weight is 237 g/mol. The first kappa shape index (κ1) is 11.6. The van der Waals surface area contributed by atoms with Gasteiger partial charge in [-0.2, -0.15) is 0 Å². The summed E-state index contributed by atoms with van der Waals surface area (Å²) < 4.78 is 0. The Morgan fingerprint density at radius 3 is 2.76 bits per heavy atom. The minimum atomic E-state index is -1.04. The molecule has 7 heteroatoms. The molecular weight excluding hydrogens is 222 g/mol. The zero-order valence-electron chi connectivity index (χ0n) is 9.33. The molecule has 2 heterocycles. The number of nitrogens with two attached hydrogens (primary N) is 1. The first-order chi connectivity index (χ1) is 8.18. The molecule has 1 saturated heterocycles. The van der Waals surface area contributed by atoms with Crippen LogP contribution in [0.4, 0.5) is 16.4 Å². The molecule has 1 aromatic heterocycles. The standard InChI is InChI=1S/C10H15N5O2/c11-7-4-13-9(14-5-7)15(10(16)17)8-2-1-3-12-6-8/h4-5,8,12H,1-3,6,11H2,(H,16,17). The maximum atomic E-state index is 11.3. The number of aromatic nitrogens is 2. The number of piperidine rings is 1. The zero-order valence-corrected chi connectivity index (χ0v) is 9.33. The van der Waals surface area contributed by atoms with Crippen molar-refractivity contribution in [2.45, 2.75) is 18.9 Å². The number of carbonyl (C=O) groups is 1. The third-order valence-electron chi connectivity index (χ3n) is 2.72. The zero-order chi connectivity index (χ0) is 12.3. The lowest BCUT2D eigenvalue weighted by molar-refractivity contribution is 0.196. The predicted octanol–water partition coefficient (Wildman–Crippen LogP) is 0.295. The van der Waals surface area contributed by atoms with E-state index in [0.717, 1.165) is 19.4 Å². The normalized spacial score (nSPS) is 19.9. The smallest absolute Gasteiger partial charge is 0.414 e. The Morgan fingerprint density at radius 2 is 2.24 bits per heavy atom. The summed E-state index contributed by atoms with van der Waals surface area (Å²) in [6.45, 7) is 1.55. The number of carboxylic acid groups (broad SMARTS) is 1. The number of amides is 1. The summed E-state index contributed by atoms with van der Waals surface area (Å²) in [5.41, 5.74) is 5.90. The van der Waals surface area contributed by atoms with Crippen LogP contribution in [0.3, 0.4) is 0 Å². The molecule has 1 aliphatic heterocycles. The molecule has 0 saturated carbocycles. The summed E-state index contributed by atoms with van der Waals surface area (Å²) in [7, 11) is 0. The van der Waals surface area contributed by atoms with Crippen molar-refractivity contribution in [1.29, 1.82) is 0 Å². The van der Waals surface area contributed by atoms with Gasteiger partial charge < -0.3 is 16.2 Å². The lowest BCUT2D eigenvalue weighted by atomic mass is 10.1. The Hall–Kier alpha value is -1.89. The molecule has 92 valence electrons. The Labute approximate surface area is 98.7 Å². The van der Waals surface area contributed by atoms with Crippen molar-refractivity contribution in [1.82, 2.24) is 15.3 Å². The van der Waals surface area contributed by atoms with Gasteiger partial charge >= 0.3 is 6.09 Å². The minimum Gasteiger partial charge on any atom is -0.465 e. The van der Waals surface area contributed by atoms with Gasteiger partial charge in [0.25, 0.3) is 0 Å². The highest BCUT2D eigenvalue weighted by molar-refractivity contribution is 5.84. The van der Waals surface area contributed by atoms with Gasteiger partial charge in [-0.05, 0) is 19.4 Å². The molecule has 1 fully saturated rings. The van der Waals surface area contributed by atoms with Crippen LogP contribution in [0.1, 0.15) is 12.8 Å². The molecule has 2 rings (SSSR count). The second-order valence-electron chi connectivity index (χ2n) is 3.97. The molecule has 0 bridgehead atoms. The van der Waals surface area contributed by atoms with Crippen LogP contribution in [-0.4, -0.2) is 40.3 Å². The van der Waals surface area contributed by atoms with Gasteiger partial charge in [-0.1, -0.05) is 0 Å². The quantitative estimate of drug-likeness (QED) is 0.683. The Kier molecular flexibility index (Phi) is 3.38. The van der Waals surface area contributed by atoms with Crippen molar-refractivity contribution >= 4 is 17.7 Å². The van der Waals surface area contributed by atoms with Crippen LogP contribution >= 0.6 is 0 Å². The maximum Gasteiger partial charge on any atom is 0.414 e. The molecular formula is C10H15N5O2. The minimum absolute atomic E-state index is 0.120. The van der Waals surface area contributed by atoms with Crippen LogP contribution in [0.2, 0.25) is 0 Å². The van der Waals surface area contributed by atoms with E-state index >= 15 is 0 Å². The molecule has 1 amide bonds. The molecule has 0 spiro atoms. The Morgan fingerprint density at radius 1 is 1.53 bits per heavy atom. The highest BCUT2D eigenvalue weighted by Gasteiger charge is 2.28. The summed E-state index contributed by atoms with van der Waals surface area (Å²) in [4.78, 5) is 20.4. The Balaban J connectivity index is 2.21. The molecule has 1 aromatic rings. The van der Waals surface area contributed by atoms with E-state index in [0.29, 0.717) is 12.2 Å². The van der Waals surface area contributed by atoms with Crippen molar-refractivity contribution in [3.8, 4) is 0 Å². The van der Waals surface area contributed by atoms with E-state index in [2.05, 4.69) is 15.3 Å². The molecule has 0 radical (unpaired) electrons. The highest BCUT2D eigenvalue weighted by atomic mass is 16.4. The highest BCUT2D eigenvalue weighted by Crippen LogP contribution is 2.17. The summed E-state index contributed by atoms with van der Waals surface area (Å²) in [6.07, 6.45) is 3.54. The maximum absolute atomic E-state index is 11.3. The number of nitrogens with zero attached hydrogens (tertiary/aromatic N) is 3. The SMILES string of the molecule is Nc1cnc(N(C(=O)O)C2CCCNC2)nc1. The fourth-order valence-corrected chi connectivity index (χ4v) is 1.91. The van der Waals surface area contributed by atoms with Crippen molar-refractivity contribution in [2.24, 2.45) is 0 Å². The van der Waals surface area contributed by atoms with E-state index in [1.165, 1.54) is 17.3 Å². The van der Waals surface area contributed by atoms with Crippen LogP contribution in [0.15, 0.2) is 12.4 Å². The molecule has 1 unspecified atom stereocenters. The molecule has 0 aromatic carbocycles. The van der Waals surface area contributed by atoms with Crippen LogP contribution < -0.4 is 16.0 Å². The van der Waals surface area contributed by atoms with Gasteiger partial charge in [0.15, 0.2) is 0 Å². The first-order valence-electron chi connectivity index (χ1n) is 5.49. The van der Waals surface area contributed by atoms with Gasteiger partial charge in [0.05, 0.1) is 24.1 Å². The Bertz CT molecular complexity index is 388. The van der Waals surface area contributed by atoms with E-state index in [-0.39, 0.29) is 12.0 Å². The summed E-state index contributed by atoms with van der Waals surface area (Å²) in [5, 5.41) is 12.4. The number of hydrogen-bond donors (Lipinski definition) is 3. The van der Waals surface area contributed by atoms with Crippen LogP contribution in [0, 0.1) is 0 Å². The number of anilines is 2. The second-order valence-corrected chi connectivity index (χ2v) is 3.97. The van der Waals surface area contributed by atoms with Gasteiger partial charge in [-0.25, -0.2) is 19.7 Å². The van der Waals surface area contributed by atoms with E-state index < -0.39 is 6.09 Å². The molecule has 0 aliphatic carbocycles. The number of nitrogen functional groups attached to an aromatic ring is 1. The van der Waals surface area contributed by atoms with Gasteiger partial charge in [0.1, 0.15) is 0 Å². The van der Waals surface area contributed by atoms with Crippen LogP contribution in [0.5, 0.6) is 0 Å². The van der Waals surface area contributed by atoms with Gasteiger partial charge in [0, 0.05) is 6.54 Å². The van der Waals surface area contributed by atoms with E-state index in [1.807, 2.05) is 0 Å². The lowest BCUT2D eigenvalue weighted by Gasteiger charge is -2.30. The summed E-state index contributed by atoms with van der Waals surface area (Å²) in [5.74, 6) is 0.181. The van der Waals surface area contributed by atoms with Crippen LogP contribution in [0.25, 0.3) is 0 Å². The average Bonchev–Trinajstić information content (AvgIpc) is 2.33.